The van der Waals surface area contributed by atoms with Crippen molar-refractivity contribution in [1.82, 2.24) is 0 Å². The molecule has 1 aromatic rings. The average Bonchev–Trinajstić information content (AvgIpc) is 1.99. The third kappa shape index (κ3) is 3.23. The van der Waals surface area contributed by atoms with E-state index in [2.05, 4.69) is 0 Å². The van der Waals surface area contributed by atoms with Crippen molar-refractivity contribution in [3.63, 3.8) is 0 Å². The molecular weight excluding hydrogens is 216 g/mol. The van der Waals surface area contributed by atoms with Crippen LogP contribution >= 0.6 is 0 Å². The number of benzene rings is 1. The first-order valence-electron chi connectivity index (χ1n) is 3.85. The lowest BCUT2D eigenvalue weighted by Gasteiger charge is -2.09. The molecule has 0 unspecified atom stereocenters. The van der Waals surface area contributed by atoms with E-state index in [9.17, 15) is 27.5 Å². The number of rotatable bonds is 2. The maximum absolute atomic E-state index is 12.7. The molecule has 0 radical (unpaired) electrons. The van der Waals surface area contributed by atoms with Crippen molar-refractivity contribution in [3.05, 3.63) is 35.1 Å². The summed E-state index contributed by atoms with van der Waals surface area (Å²) >= 11 is 0. The second-order valence-electron chi connectivity index (χ2n) is 2.89. The topological polar surface area (TPSA) is 40.1 Å². The second-order valence-corrected chi connectivity index (χ2v) is 2.89. The van der Waals surface area contributed by atoms with Gasteiger partial charge in [0, 0.05) is 12.4 Å². The van der Waals surface area contributed by atoms with Gasteiger partial charge in [0.05, 0.1) is 5.56 Å². The van der Waals surface area contributed by atoms with E-state index in [-0.39, 0.29) is 5.56 Å². The molecule has 0 aliphatic carbocycles. The van der Waals surface area contributed by atoms with Gasteiger partial charge in [0.25, 0.3) is 0 Å². The zero-order valence-corrected chi connectivity index (χ0v) is 7.27. The van der Waals surface area contributed by atoms with E-state index in [0.29, 0.717) is 12.1 Å². The summed E-state index contributed by atoms with van der Waals surface area (Å²) in [5, 5.41) is 10.1. The number of carbonyl (C=O) groups is 1. The van der Waals surface area contributed by atoms with Crippen molar-refractivity contribution in [2.24, 2.45) is 0 Å². The molecule has 0 aliphatic heterocycles. The predicted molar refractivity (Wildman–Crippen MR) is 40.1 cm³/mol. The third-order valence-electron chi connectivity index (χ3n) is 1.63. The number of aliphatic carboxylic acids is 1. The second kappa shape index (κ2) is 3.88. The number of halogens is 4. The van der Waals surface area contributed by atoms with Crippen LogP contribution in [-0.4, -0.2) is 5.97 Å². The number of alkyl halides is 3. The van der Waals surface area contributed by atoms with E-state index >= 15 is 0 Å². The lowest BCUT2D eigenvalue weighted by molar-refractivity contribution is -0.304. The fourth-order valence-corrected chi connectivity index (χ4v) is 1.08. The van der Waals surface area contributed by atoms with Gasteiger partial charge in [-0.15, -0.1) is 0 Å². The van der Waals surface area contributed by atoms with Crippen molar-refractivity contribution in [1.29, 1.82) is 0 Å². The molecule has 0 spiro atoms. The molecule has 2 nitrogen and oxygen atoms in total. The largest absolute Gasteiger partial charge is 0.550 e. The fourth-order valence-electron chi connectivity index (χ4n) is 1.08. The number of carboxylic acids is 1. The van der Waals surface area contributed by atoms with Crippen LogP contribution in [0.3, 0.4) is 0 Å². The summed E-state index contributed by atoms with van der Waals surface area (Å²) in [7, 11) is 0. The van der Waals surface area contributed by atoms with Gasteiger partial charge < -0.3 is 9.90 Å². The van der Waals surface area contributed by atoms with Crippen molar-refractivity contribution in [2.75, 3.05) is 0 Å². The molecule has 0 aromatic heterocycles. The highest BCUT2D eigenvalue weighted by Gasteiger charge is 2.31. The highest BCUT2D eigenvalue weighted by atomic mass is 19.4. The molecule has 0 fully saturated rings. The molecule has 0 bridgehead atoms. The van der Waals surface area contributed by atoms with Gasteiger partial charge in [-0.05, 0) is 23.8 Å². The molecular formula is C9H5F4O2-. The first-order valence-corrected chi connectivity index (χ1v) is 3.85. The van der Waals surface area contributed by atoms with Crippen LogP contribution in [0.5, 0.6) is 0 Å². The first kappa shape index (κ1) is 11.5. The van der Waals surface area contributed by atoms with E-state index in [1.165, 1.54) is 0 Å². The molecule has 82 valence electrons. The van der Waals surface area contributed by atoms with Gasteiger partial charge in [-0.2, -0.15) is 13.2 Å². The van der Waals surface area contributed by atoms with Crippen LogP contribution in [-0.2, 0) is 17.4 Å². The molecule has 0 atom stereocenters. The molecule has 0 aliphatic rings. The summed E-state index contributed by atoms with van der Waals surface area (Å²) in [6, 6.07) is 1.61. The van der Waals surface area contributed by atoms with Crippen LogP contribution in [0.15, 0.2) is 18.2 Å². The Kier molecular flexibility index (Phi) is 2.97. The Labute approximate surface area is 82.1 Å². The van der Waals surface area contributed by atoms with Crippen LogP contribution in [0.25, 0.3) is 0 Å². The summed E-state index contributed by atoms with van der Waals surface area (Å²) < 4.78 is 49.2. The molecule has 0 amide bonds. The Morgan fingerprint density at radius 2 is 1.87 bits per heavy atom. The molecule has 6 heteroatoms. The minimum atomic E-state index is -4.69. The van der Waals surface area contributed by atoms with Crippen LogP contribution in [0.1, 0.15) is 11.1 Å². The molecule has 15 heavy (non-hydrogen) atoms. The number of hydrogen-bond donors (Lipinski definition) is 0. The van der Waals surface area contributed by atoms with Gasteiger partial charge in [0.1, 0.15) is 5.82 Å². The van der Waals surface area contributed by atoms with Gasteiger partial charge in [-0.3, -0.25) is 0 Å². The summed E-state index contributed by atoms with van der Waals surface area (Å²) in [5.74, 6) is -2.69. The molecule has 0 N–H and O–H groups in total. The normalized spacial score (nSPS) is 11.5. The highest BCUT2D eigenvalue weighted by molar-refractivity contribution is 5.68. The molecule has 0 saturated heterocycles. The van der Waals surface area contributed by atoms with Crippen LogP contribution in [0.2, 0.25) is 0 Å². The van der Waals surface area contributed by atoms with Crippen molar-refractivity contribution in [2.45, 2.75) is 12.6 Å². The highest BCUT2D eigenvalue weighted by Crippen LogP contribution is 2.30. The standard InChI is InChI=1S/C9H6F4O2/c10-7-2-5(3-8(14)15)1-6(4-7)9(11,12)13/h1-2,4H,3H2,(H,14,15)/p-1. The molecule has 0 saturated carbocycles. The van der Waals surface area contributed by atoms with Crippen molar-refractivity contribution >= 4 is 5.97 Å². The summed E-state index contributed by atoms with van der Waals surface area (Å²) in [6.45, 7) is 0. The van der Waals surface area contributed by atoms with Gasteiger partial charge in [0.15, 0.2) is 0 Å². The SMILES string of the molecule is O=C([O-])Cc1cc(F)cc(C(F)(F)F)c1. The Morgan fingerprint density at radius 3 is 2.33 bits per heavy atom. The quantitative estimate of drug-likeness (QED) is 0.702. The molecule has 0 heterocycles. The summed E-state index contributed by atoms with van der Waals surface area (Å²) in [6.07, 6.45) is -5.44. The minimum absolute atomic E-state index is 0.276. The smallest absolute Gasteiger partial charge is 0.416 e. The molecule has 1 aromatic carbocycles. The maximum Gasteiger partial charge on any atom is 0.416 e. The van der Waals surface area contributed by atoms with Crippen molar-refractivity contribution in [3.8, 4) is 0 Å². The third-order valence-corrected chi connectivity index (χ3v) is 1.63. The van der Waals surface area contributed by atoms with Crippen LogP contribution < -0.4 is 5.11 Å². The zero-order valence-electron chi connectivity index (χ0n) is 7.27. The summed E-state index contributed by atoms with van der Waals surface area (Å²) in [5.41, 5.74) is -1.49. The van der Waals surface area contributed by atoms with Gasteiger partial charge in [0.2, 0.25) is 0 Å². The Bertz CT molecular complexity index is 384. The van der Waals surface area contributed by atoms with E-state index in [0.717, 1.165) is 6.07 Å². The number of carbonyl (C=O) groups excluding carboxylic acids is 1. The Hall–Kier alpha value is -1.59. The van der Waals surface area contributed by atoms with Crippen LogP contribution in [0, 0.1) is 5.82 Å². The van der Waals surface area contributed by atoms with E-state index in [1.807, 2.05) is 0 Å². The summed E-state index contributed by atoms with van der Waals surface area (Å²) in [4.78, 5) is 10.1. The number of hydrogen-bond acceptors (Lipinski definition) is 2. The fraction of sp³-hybridized carbons (Fsp3) is 0.222. The van der Waals surface area contributed by atoms with Crippen LogP contribution in [0.4, 0.5) is 17.6 Å². The zero-order chi connectivity index (χ0) is 11.6. The Balaban J connectivity index is 3.11. The minimum Gasteiger partial charge on any atom is -0.550 e. The number of carboxylic acid groups (broad SMARTS) is 1. The first-order chi connectivity index (χ1) is 6.79. The van der Waals surface area contributed by atoms with E-state index in [4.69, 9.17) is 0 Å². The van der Waals surface area contributed by atoms with E-state index < -0.39 is 29.9 Å². The van der Waals surface area contributed by atoms with Gasteiger partial charge >= 0.3 is 6.18 Å². The molecule has 1 rings (SSSR count). The van der Waals surface area contributed by atoms with Gasteiger partial charge in [-0.25, -0.2) is 4.39 Å². The average molecular weight is 221 g/mol. The monoisotopic (exact) mass is 221 g/mol. The lowest BCUT2D eigenvalue weighted by atomic mass is 10.1. The predicted octanol–water partition coefficient (Wildman–Crippen LogP) is 1.14. The Morgan fingerprint density at radius 1 is 1.27 bits per heavy atom. The van der Waals surface area contributed by atoms with Crippen molar-refractivity contribution < 1.29 is 27.5 Å². The lowest BCUT2D eigenvalue weighted by Crippen LogP contribution is -2.24. The van der Waals surface area contributed by atoms with Gasteiger partial charge in [-0.1, -0.05) is 0 Å². The van der Waals surface area contributed by atoms with E-state index in [1.54, 1.807) is 0 Å². The maximum atomic E-state index is 12.7.